The van der Waals surface area contributed by atoms with E-state index < -0.39 is 0 Å². The minimum absolute atomic E-state index is 0.538. The lowest BCUT2D eigenvalue weighted by Crippen LogP contribution is -2.54. The number of hydrogen-bond donors (Lipinski definition) is 1. The molecule has 31 heavy (non-hydrogen) atoms. The summed E-state index contributed by atoms with van der Waals surface area (Å²) < 4.78 is 12.0. The van der Waals surface area contributed by atoms with Crippen LogP contribution in [-0.2, 0) is 13.2 Å². The molecule has 166 valence electrons. The van der Waals surface area contributed by atoms with E-state index in [0.717, 1.165) is 35.8 Å². The van der Waals surface area contributed by atoms with Crippen molar-refractivity contribution in [3.63, 3.8) is 0 Å². The van der Waals surface area contributed by atoms with E-state index in [9.17, 15) is 0 Å². The van der Waals surface area contributed by atoms with Crippen molar-refractivity contribution in [3.05, 3.63) is 59.7 Å². The fourth-order valence-corrected chi connectivity index (χ4v) is 6.98. The predicted octanol–water partition coefficient (Wildman–Crippen LogP) is 6.36. The molecule has 3 nitrogen and oxygen atoms in total. The molecule has 1 N–H and O–H groups in total. The van der Waals surface area contributed by atoms with E-state index in [1.807, 2.05) is 25.1 Å². The lowest BCUT2D eigenvalue weighted by Gasteiger charge is -2.59. The Labute approximate surface area is 187 Å². The Morgan fingerprint density at radius 1 is 0.871 bits per heavy atom. The molecule has 6 rings (SSSR count). The van der Waals surface area contributed by atoms with Crippen LogP contribution in [0.15, 0.2) is 48.5 Å². The second-order valence-electron chi connectivity index (χ2n) is 10.4. The largest absolute Gasteiger partial charge is 0.490 e. The number of benzene rings is 2. The molecular weight excluding hydrogens is 382 g/mol. The zero-order valence-electron chi connectivity index (χ0n) is 19.1. The molecule has 4 bridgehead atoms. The molecule has 0 spiro atoms. The third-order valence-electron chi connectivity index (χ3n) is 8.16. The first-order valence-electron chi connectivity index (χ1n) is 12.3. The monoisotopic (exact) mass is 419 g/mol. The van der Waals surface area contributed by atoms with E-state index in [2.05, 4.69) is 42.6 Å². The van der Waals surface area contributed by atoms with Crippen LogP contribution in [0, 0.1) is 23.2 Å². The van der Waals surface area contributed by atoms with Crippen molar-refractivity contribution < 1.29 is 9.47 Å². The van der Waals surface area contributed by atoms with Gasteiger partial charge in [0.25, 0.3) is 0 Å². The van der Waals surface area contributed by atoms with Gasteiger partial charge in [0.2, 0.25) is 0 Å². The normalized spacial score (nSPS) is 29.7. The van der Waals surface area contributed by atoms with Crippen LogP contribution in [0.4, 0.5) is 0 Å². The van der Waals surface area contributed by atoms with Crippen molar-refractivity contribution in [2.75, 3.05) is 6.61 Å². The molecule has 4 saturated carbocycles. The van der Waals surface area contributed by atoms with Crippen molar-refractivity contribution >= 4 is 0 Å². The minimum Gasteiger partial charge on any atom is -0.490 e. The molecule has 2 aromatic carbocycles. The second kappa shape index (κ2) is 8.86. The molecule has 0 saturated heterocycles. The summed E-state index contributed by atoms with van der Waals surface area (Å²) >= 11 is 0. The Morgan fingerprint density at radius 2 is 1.55 bits per heavy atom. The van der Waals surface area contributed by atoms with Crippen LogP contribution in [0.3, 0.4) is 0 Å². The first-order valence-corrected chi connectivity index (χ1v) is 12.3. The summed E-state index contributed by atoms with van der Waals surface area (Å²) in [5.41, 5.74) is 2.98. The van der Waals surface area contributed by atoms with Crippen molar-refractivity contribution in [1.82, 2.24) is 5.32 Å². The van der Waals surface area contributed by atoms with Crippen LogP contribution >= 0.6 is 0 Å². The van der Waals surface area contributed by atoms with E-state index in [0.29, 0.717) is 24.7 Å². The molecule has 0 amide bonds. The van der Waals surface area contributed by atoms with Gasteiger partial charge in [-0.3, -0.25) is 0 Å². The quantitative estimate of drug-likeness (QED) is 0.513. The maximum atomic E-state index is 6.08. The predicted molar refractivity (Wildman–Crippen MR) is 125 cm³/mol. The summed E-state index contributed by atoms with van der Waals surface area (Å²) in [5.74, 6) is 4.67. The van der Waals surface area contributed by atoms with Crippen molar-refractivity contribution in [1.29, 1.82) is 0 Å². The molecular formula is C28H37NO2. The lowest BCUT2D eigenvalue weighted by atomic mass is 9.48. The Kier molecular flexibility index (Phi) is 5.97. The van der Waals surface area contributed by atoms with Crippen LogP contribution in [-0.4, -0.2) is 12.6 Å². The fraction of sp³-hybridized carbons (Fsp3) is 0.571. The van der Waals surface area contributed by atoms with E-state index in [1.165, 1.54) is 49.7 Å². The van der Waals surface area contributed by atoms with Gasteiger partial charge in [-0.25, -0.2) is 0 Å². The summed E-state index contributed by atoms with van der Waals surface area (Å²) in [4.78, 5) is 0. The molecule has 1 unspecified atom stereocenters. The number of nitrogens with one attached hydrogen (secondary N) is 1. The molecule has 0 heterocycles. The molecule has 4 aliphatic carbocycles. The number of hydrogen-bond acceptors (Lipinski definition) is 3. The average Bonchev–Trinajstić information content (AvgIpc) is 2.77. The van der Waals surface area contributed by atoms with Gasteiger partial charge >= 0.3 is 0 Å². The summed E-state index contributed by atoms with van der Waals surface area (Å²) in [5, 5.41) is 3.91. The zero-order chi connectivity index (χ0) is 21.3. The van der Waals surface area contributed by atoms with Crippen LogP contribution in [0.25, 0.3) is 0 Å². The van der Waals surface area contributed by atoms with Crippen LogP contribution < -0.4 is 14.8 Å². The molecule has 1 atom stereocenters. The standard InChI is InChI=1S/C28H37NO2/c1-3-30-27-14-22(9-10-26(27)31-19-21-7-5-4-6-8-21)18-29-20(2)28-15-23-11-24(16-28)13-25(12-23)17-28/h4-10,14,20,23-25,29H,3,11-13,15-19H2,1-2H3. The van der Waals surface area contributed by atoms with Gasteiger partial charge in [0.05, 0.1) is 6.61 Å². The van der Waals surface area contributed by atoms with Crippen molar-refractivity contribution in [3.8, 4) is 11.5 Å². The maximum absolute atomic E-state index is 6.08. The van der Waals surface area contributed by atoms with E-state index in [1.54, 1.807) is 0 Å². The first-order chi connectivity index (χ1) is 15.1. The van der Waals surface area contributed by atoms with E-state index >= 15 is 0 Å². The highest BCUT2D eigenvalue weighted by Crippen LogP contribution is 2.61. The minimum atomic E-state index is 0.538. The third-order valence-corrected chi connectivity index (χ3v) is 8.16. The SMILES string of the molecule is CCOc1cc(CNC(C)C23CC4CC(CC(C4)C2)C3)ccc1OCc1ccccc1. The van der Waals surface area contributed by atoms with Crippen LogP contribution in [0.5, 0.6) is 11.5 Å². The topological polar surface area (TPSA) is 30.5 Å². The van der Waals surface area contributed by atoms with Crippen LogP contribution in [0.2, 0.25) is 0 Å². The Hall–Kier alpha value is -2.00. The van der Waals surface area contributed by atoms with Gasteiger partial charge in [-0.05, 0) is 98.8 Å². The molecule has 4 fully saturated rings. The first kappa shape index (κ1) is 20.9. The van der Waals surface area contributed by atoms with Gasteiger partial charge in [-0.2, -0.15) is 0 Å². The average molecular weight is 420 g/mol. The van der Waals surface area contributed by atoms with Gasteiger partial charge in [0.1, 0.15) is 6.61 Å². The van der Waals surface area contributed by atoms with Crippen LogP contribution in [0.1, 0.15) is 63.5 Å². The molecule has 4 aliphatic rings. The highest BCUT2D eigenvalue weighted by Gasteiger charge is 2.52. The maximum Gasteiger partial charge on any atom is 0.161 e. The highest BCUT2D eigenvalue weighted by molar-refractivity contribution is 5.43. The van der Waals surface area contributed by atoms with Gasteiger partial charge < -0.3 is 14.8 Å². The molecule has 0 radical (unpaired) electrons. The van der Waals surface area contributed by atoms with Crippen molar-refractivity contribution in [2.24, 2.45) is 23.2 Å². The van der Waals surface area contributed by atoms with Gasteiger partial charge in [-0.15, -0.1) is 0 Å². The van der Waals surface area contributed by atoms with Crippen molar-refractivity contribution in [2.45, 2.75) is 71.6 Å². The molecule has 2 aromatic rings. The van der Waals surface area contributed by atoms with Gasteiger partial charge in [0, 0.05) is 12.6 Å². The molecule has 0 aromatic heterocycles. The molecule has 0 aliphatic heterocycles. The smallest absolute Gasteiger partial charge is 0.161 e. The third kappa shape index (κ3) is 4.48. The van der Waals surface area contributed by atoms with Gasteiger partial charge in [0.15, 0.2) is 11.5 Å². The number of rotatable bonds is 9. The van der Waals surface area contributed by atoms with E-state index in [-0.39, 0.29) is 0 Å². The Balaban J connectivity index is 1.22. The Bertz CT molecular complexity index is 843. The summed E-state index contributed by atoms with van der Waals surface area (Å²) in [6.45, 7) is 6.56. The highest BCUT2D eigenvalue weighted by atomic mass is 16.5. The lowest BCUT2D eigenvalue weighted by molar-refractivity contribution is -0.0706. The van der Waals surface area contributed by atoms with E-state index in [4.69, 9.17) is 9.47 Å². The zero-order valence-corrected chi connectivity index (χ0v) is 19.1. The summed E-state index contributed by atoms with van der Waals surface area (Å²) in [7, 11) is 0. The summed E-state index contributed by atoms with van der Waals surface area (Å²) in [6, 6.07) is 17.3. The molecule has 3 heteroatoms. The fourth-order valence-electron chi connectivity index (χ4n) is 6.98. The number of ether oxygens (including phenoxy) is 2. The van der Waals surface area contributed by atoms with Gasteiger partial charge in [-0.1, -0.05) is 36.4 Å². The summed E-state index contributed by atoms with van der Waals surface area (Å²) in [6.07, 6.45) is 8.87. The Morgan fingerprint density at radius 3 is 2.19 bits per heavy atom. The second-order valence-corrected chi connectivity index (χ2v) is 10.4.